The molecule has 1 atom stereocenters. The molecule has 3 heteroatoms. The Balaban J connectivity index is 3.13. The fraction of sp³-hybridized carbons (Fsp3) is 0.500. The quantitative estimate of drug-likeness (QED) is 0.862. The molecule has 1 nitrogen and oxygen atoms in total. The summed E-state index contributed by atoms with van der Waals surface area (Å²) in [5, 5.41) is 3.16. The molecule has 0 bridgehead atoms. The molecule has 1 aromatic rings. The first kappa shape index (κ1) is 12.7. The number of halogens is 2. The van der Waals surface area contributed by atoms with E-state index in [1.165, 1.54) is 6.07 Å². The highest BCUT2D eigenvalue weighted by Crippen LogP contribution is 2.34. The third kappa shape index (κ3) is 3.02. The summed E-state index contributed by atoms with van der Waals surface area (Å²) >= 11 is 3.26. The zero-order valence-electron chi connectivity index (χ0n) is 9.57. The number of benzene rings is 1. The zero-order valence-corrected chi connectivity index (χ0v) is 11.2. The largest absolute Gasteiger partial charge is 0.312 e. The molecular weight excluding hydrogens is 257 g/mol. The van der Waals surface area contributed by atoms with Crippen LogP contribution in [0.15, 0.2) is 22.7 Å². The maximum absolute atomic E-state index is 13.7. The van der Waals surface area contributed by atoms with Crippen molar-refractivity contribution in [3.8, 4) is 0 Å². The Hall–Kier alpha value is -0.410. The Morgan fingerprint density at radius 1 is 1.33 bits per heavy atom. The number of hydrogen-bond acceptors (Lipinski definition) is 1. The minimum Gasteiger partial charge on any atom is -0.312 e. The molecule has 0 aliphatic rings. The molecule has 0 saturated carbocycles. The Labute approximate surface area is 99.2 Å². The van der Waals surface area contributed by atoms with Gasteiger partial charge in [0.2, 0.25) is 0 Å². The van der Waals surface area contributed by atoms with E-state index in [1.54, 1.807) is 0 Å². The van der Waals surface area contributed by atoms with Crippen molar-refractivity contribution in [2.75, 3.05) is 7.05 Å². The first-order valence-electron chi connectivity index (χ1n) is 4.98. The van der Waals surface area contributed by atoms with E-state index in [0.29, 0.717) is 5.56 Å². The van der Waals surface area contributed by atoms with Gasteiger partial charge in [0.1, 0.15) is 5.82 Å². The molecule has 0 saturated heterocycles. The number of hydrogen-bond donors (Lipinski definition) is 1. The predicted octanol–water partition coefficient (Wildman–Crippen LogP) is 3.89. The van der Waals surface area contributed by atoms with E-state index in [4.69, 9.17) is 0 Å². The van der Waals surface area contributed by atoms with Crippen LogP contribution in [0.25, 0.3) is 0 Å². The van der Waals surface area contributed by atoms with Crippen LogP contribution in [0.4, 0.5) is 4.39 Å². The molecule has 1 rings (SSSR count). The summed E-state index contributed by atoms with van der Waals surface area (Å²) in [5.41, 5.74) is 0.705. The average Bonchev–Trinajstić information content (AvgIpc) is 2.07. The molecule has 0 aliphatic heterocycles. The standard InChI is InChI=1S/C12H17BrFN/c1-12(2,3)11(15-4)9-6-5-8(13)7-10(9)14/h5-7,11,15H,1-4H3. The lowest BCUT2D eigenvalue weighted by molar-refractivity contribution is 0.280. The highest BCUT2D eigenvalue weighted by Gasteiger charge is 2.26. The summed E-state index contributed by atoms with van der Waals surface area (Å²) in [5.74, 6) is -0.168. The topological polar surface area (TPSA) is 12.0 Å². The van der Waals surface area contributed by atoms with Crippen LogP contribution in [0.3, 0.4) is 0 Å². The molecule has 84 valence electrons. The van der Waals surface area contributed by atoms with Gasteiger partial charge in [-0.25, -0.2) is 4.39 Å². The van der Waals surface area contributed by atoms with Crippen LogP contribution in [0, 0.1) is 11.2 Å². The Kier molecular flexibility index (Phi) is 3.90. The minimum atomic E-state index is -0.168. The summed E-state index contributed by atoms with van der Waals surface area (Å²) in [6, 6.07) is 5.22. The fourth-order valence-electron chi connectivity index (χ4n) is 1.79. The third-order valence-corrected chi connectivity index (χ3v) is 2.92. The van der Waals surface area contributed by atoms with Crippen molar-refractivity contribution in [2.45, 2.75) is 26.8 Å². The molecule has 1 unspecified atom stereocenters. The molecule has 0 aliphatic carbocycles. The van der Waals surface area contributed by atoms with Gasteiger partial charge in [-0.15, -0.1) is 0 Å². The maximum Gasteiger partial charge on any atom is 0.129 e. The SMILES string of the molecule is CNC(c1ccc(Br)cc1F)C(C)(C)C. The Bertz CT molecular complexity index is 344. The number of rotatable bonds is 2. The van der Waals surface area contributed by atoms with Crippen LogP contribution < -0.4 is 5.32 Å². The van der Waals surface area contributed by atoms with Gasteiger partial charge in [0.15, 0.2) is 0 Å². The summed E-state index contributed by atoms with van der Waals surface area (Å²) < 4.78 is 14.5. The second kappa shape index (κ2) is 4.62. The first-order chi connectivity index (χ1) is 6.86. The fourth-order valence-corrected chi connectivity index (χ4v) is 2.12. The zero-order chi connectivity index (χ0) is 11.6. The molecular formula is C12H17BrFN. The summed E-state index contributed by atoms with van der Waals surface area (Å²) in [4.78, 5) is 0. The summed E-state index contributed by atoms with van der Waals surface area (Å²) in [6.07, 6.45) is 0. The maximum atomic E-state index is 13.7. The highest BCUT2D eigenvalue weighted by atomic mass is 79.9. The van der Waals surface area contributed by atoms with Crippen molar-refractivity contribution in [1.29, 1.82) is 0 Å². The lowest BCUT2D eigenvalue weighted by Gasteiger charge is -2.31. The molecule has 15 heavy (non-hydrogen) atoms. The van der Waals surface area contributed by atoms with Crippen molar-refractivity contribution in [3.63, 3.8) is 0 Å². The lowest BCUT2D eigenvalue weighted by Crippen LogP contribution is -2.30. The van der Waals surface area contributed by atoms with E-state index in [1.807, 2.05) is 19.2 Å². The number of nitrogens with one attached hydrogen (secondary N) is 1. The van der Waals surface area contributed by atoms with Crippen LogP contribution in [-0.2, 0) is 0 Å². The molecule has 1 aromatic carbocycles. The van der Waals surface area contributed by atoms with E-state index < -0.39 is 0 Å². The van der Waals surface area contributed by atoms with Crippen molar-refractivity contribution >= 4 is 15.9 Å². The van der Waals surface area contributed by atoms with Crippen LogP contribution in [0.5, 0.6) is 0 Å². The van der Waals surface area contributed by atoms with Crippen LogP contribution in [0.1, 0.15) is 32.4 Å². The smallest absolute Gasteiger partial charge is 0.129 e. The second-order valence-electron chi connectivity index (χ2n) is 4.75. The van der Waals surface area contributed by atoms with Crippen molar-refractivity contribution in [3.05, 3.63) is 34.1 Å². The van der Waals surface area contributed by atoms with Gasteiger partial charge in [-0.1, -0.05) is 42.8 Å². The molecule has 0 amide bonds. The van der Waals surface area contributed by atoms with Crippen LogP contribution in [-0.4, -0.2) is 7.05 Å². The Morgan fingerprint density at radius 2 is 1.93 bits per heavy atom. The van der Waals surface area contributed by atoms with Crippen LogP contribution >= 0.6 is 15.9 Å². The normalized spacial score (nSPS) is 14.0. The van der Waals surface area contributed by atoms with Crippen LogP contribution in [0.2, 0.25) is 0 Å². The van der Waals surface area contributed by atoms with E-state index in [-0.39, 0.29) is 17.3 Å². The van der Waals surface area contributed by atoms with Gasteiger partial charge in [0.05, 0.1) is 0 Å². The van der Waals surface area contributed by atoms with Gasteiger partial charge in [-0.2, -0.15) is 0 Å². The van der Waals surface area contributed by atoms with Gasteiger partial charge in [-0.05, 0) is 24.6 Å². The van der Waals surface area contributed by atoms with Crippen molar-refractivity contribution < 1.29 is 4.39 Å². The van der Waals surface area contributed by atoms with E-state index in [0.717, 1.165) is 4.47 Å². The Morgan fingerprint density at radius 3 is 2.33 bits per heavy atom. The lowest BCUT2D eigenvalue weighted by atomic mass is 9.82. The van der Waals surface area contributed by atoms with Gasteiger partial charge < -0.3 is 5.32 Å². The summed E-state index contributed by atoms with van der Waals surface area (Å²) in [6.45, 7) is 6.28. The molecule has 0 radical (unpaired) electrons. The van der Waals surface area contributed by atoms with Gasteiger partial charge in [0.25, 0.3) is 0 Å². The van der Waals surface area contributed by atoms with Gasteiger partial charge in [-0.3, -0.25) is 0 Å². The summed E-state index contributed by atoms with van der Waals surface area (Å²) in [7, 11) is 1.86. The van der Waals surface area contributed by atoms with E-state index in [2.05, 4.69) is 42.0 Å². The molecule has 0 heterocycles. The molecule has 0 fully saturated rings. The molecule has 0 aromatic heterocycles. The minimum absolute atomic E-state index is 0.0105. The van der Waals surface area contributed by atoms with Gasteiger partial charge in [0, 0.05) is 16.1 Å². The first-order valence-corrected chi connectivity index (χ1v) is 5.78. The van der Waals surface area contributed by atoms with E-state index >= 15 is 0 Å². The van der Waals surface area contributed by atoms with Crippen molar-refractivity contribution in [2.24, 2.45) is 5.41 Å². The third-order valence-electron chi connectivity index (χ3n) is 2.43. The molecule has 1 N–H and O–H groups in total. The van der Waals surface area contributed by atoms with Gasteiger partial charge >= 0.3 is 0 Å². The van der Waals surface area contributed by atoms with E-state index in [9.17, 15) is 4.39 Å². The second-order valence-corrected chi connectivity index (χ2v) is 5.67. The predicted molar refractivity (Wildman–Crippen MR) is 65.4 cm³/mol. The monoisotopic (exact) mass is 273 g/mol. The van der Waals surface area contributed by atoms with Crippen molar-refractivity contribution in [1.82, 2.24) is 5.32 Å². The highest BCUT2D eigenvalue weighted by molar-refractivity contribution is 9.10. The molecule has 0 spiro atoms. The average molecular weight is 274 g/mol.